The number of sulfonamides is 1. The molecule has 1 aromatic carbocycles. The highest BCUT2D eigenvalue weighted by Gasteiger charge is 2.64. The van der Waals surface area contributed by atoms with Gasteiger partial charge in [-0.25, -0.2) is 17.5 Å². The maximum absolute atomic E-state index is 13.1. The highest BCUT2D eigenvalue weighted by Crippen LogP contribution is 2.67. The van der Waals surface area contributed by atoms with Crippen molar-refractivity contribution in [1.29, 1.82) is 0 Å². The van der Waals surface area contributed by atoms with Crippen LogP contribution in [0.25, 0.3) is 0 Å². The Balaban J connectivity index is 2.11. The Hall–Kier alpha value is -1.14. The van der Waals surface area contributed by atoms with Gasteiger partial charge in [-0.05, 0) is 34.9 Å². The molecule has 0 amide bonds. The first-order valence-electron chi connectivity index (χ1n) is 6.55. The van der Waals surface area contributed by atoms with Gasteiger partial charge in [-0.1, -0.05) is 27.7 Å². The first-order chi connectivity index (χ1) is 9.00. The maximum Gasteiger partial charge on any atom is 0.240 e. The van der Waals surface area contributed by atoms with Crippen LogP contribution >= 0.6 is 0 Å². The Bertz CT molecular complexity index is 625. The van der Waals surface area contributed by atoms with Crippen molar-refractivity contribution in [2.45, 2.75) is 32.6 Å². The largest absolute Gasteiger partial charge is 0.396 e. The van der Waals surface area contributed by atoms with Crippen LogP contribution in [-0.2, 0) is 10.0 Å². The number of nitrogen functional groups attached to an aromatic ring is 1. The third-order valence-electron chi connectivity index (χ3n) is 5.07. The van der Waals surface area contributed by atoms with Crippen molar-refractivity contribution in [2.24, 2.45) is 16.7 Å². The van der Waals surface area contributed by atoms with Crippen LogP contribution in [0.3, 0.4) is 0 Å². The summed E-state index contributed by atoms with van der Waals surface area (Å²) in [6.07, 6.45) is 0. The summed E-state index contributed by atoms with van der Waals surface area (Å²) in [6, 6.07) is 3.42. The highest BCUT2D eigenvalue weighted by molar-refractivity contribution is 7.89. The second-order valence-corrected chi connectivity index (χ2v) is 8.30. The number of hydrogen-bond donors (Lipinski definition) is 2. The van der Waals surface area contributed by atoms with Gasteiger partial charge in [-0.2, -0.15) is 0 Å². The van der Waals surface area contributed by atoms with E-state index in [1.807, 2.05) is 0 Å². The second kappa shape index (κ2) is 4.43. The Morgan fingerprint density at radius 2 is 1.80 bits per heavy atom. The number of rotatable bonds is 4. The zero-order chi connectivity index (χ0) is 15.3. The third-order valence-corrected chi connectivity index (χ3v) is 6.50. The van der Waals surface area contributed by atoms with Gasteiger partial charge in [0, 0.05) is 6.54 Å². The summed E-state index contributed by atoms with van der Waals surface area (Å²) in [5.74, 6) is -0.337. The van der Waals surface area contributed by atoms with Crippen LogP contribution in [0.4, 0.5) is 10.1 Å². The van der Waals surface area contributed by atoms with Crippen LogP contribution in [0.15, 0.2) is 23.1 Å². The zero-order valence-electron chi connectivity index (χ0n) is 12.2. The number of benzene rings is 1. The van der Waals surface area contributed by atoms with Crippen LogP contribution in [0, 0.1) is 22.6 Å². The van der Waals surface area contributed by atoms with E-state index in [0.29, 0.717) is 6.54 Å². The smallest absolute Gasteiger partial charge is 0.240 e. The molecule has 1 aromatic rings. The average molecular weight is 300 g/mol. The molecular weight excluding hydrogens is 279 g/mol. The second-order valence-electron chi connectivity index (χ2n) is 6.53. The minimum absolute atomic E-state index is 0.00679. The Morgan fingerprint density at radius 3 is 2.25 bits per heavy atom. The first-order valence-corrected chi connectivity index (χ1v) is 8.03. The van der Waals surface area contributed by atoms with E-state index in [4.69, 9.17) is 5.73 Å². The first kappa shape index (κ1) is 15.3. The van der Waals surface area contributed by atoms with Gasteiger partial charge >= 0.3 is 0 Å². The van der Waals surface area contributed by atoms with Crippen molar-refractivity contribution in [3.05, 3.63) is 24.0 Å². The number of nitrogens with one attached hydrogen (secondary N) is 1. The predicted octanol–water partition coefficient (Wildman–Crippen LogP) is 2.37. The molecule has 1 saturated carbocycles. The van der Waals surface area contributed by atoms with Crippen LogP contribution in [0.2, 0.25) is 0 Å². The SMILES string of the molecule is CC1(C)C(CNS(=O)(=O)c2ccc(F)c(N)c2)C1(C)C. The summed E-state index contributed by atoms with van der Waals surface area (Å²) < 4.78 is 40.0. The molecule has 0 bridgehead atoms. The van der Waals surface area contributed by atoms with Crippen LogP contribution in [0.5, 0.6) is 0 Å². The van der Waals surface area contributed by atoms with Crippen molar-refractivity contribution in [3.8, 4) is 0 Å². The van der Waals surface area contributed by atoms with E-state index in [1.165, 1.54) is 6.07 Å². The lowest BCUT2D eigenvalue weighted by atomic mass is 10.0. The molecular formula is C14H21FN2O2S. The van der Waals surface area contributed by atoms with E-state index in [1.54, 1.807) is 0 Å². The molecule has 3 N–H and O–H groups in total. The molecule has 0 heterocycles. The summed E-state index contributed by atoms with van der Waals surface area (Å²) in [6.45, 7) is 8.88. The lowest BCUT2D eigenvalue weighted by molar-refractivity contribution is 0.457. The molecule has 0 spiro atoms. The van der Waals surface area contributed by atoms with Crippen molar-refractivity contribution in [2.75, 3.05) is 12.3 Å². The zero-order valence-corrected chi connectivity index (χ0v) is 13.0. The summed E-state index contributed by atoms with van der Waals surface area (Å²) in [4.78, 5) is -0.00679. The van der Waals surface area contributed by atoms with E-state index in [9.17, 15) is 12.8 Å². The monoisotopic (exact) mass is 300 g/mol. The quantitative estimate of drug-likeness (QED) is 0.839. The lowest BCUT2D eigenvalue weighted by Crippen LogP contribution is -2.27. The van der Waals surface area contributed by atoms with E-state index in [-0.39, 0.29) is 27.3 Å². The highest BCUT2D eigenvalue weighted by atomic mass is 32.2. The van der Waals surface area contributed by atoms with Gasteiger partial charge in [0.15, 0.2) is 0 Å². The molecule has 0 unspecified atom stereocenters. The molecule has 1 aliphatic carbocycles. The molecule has 6 heteroatoms. The van der Waals surface area contributed by atoms with E-state index in [2.05, 4.69) is 32.4 Å². The number of halogens is 1. The number of hydrogen-bond acceptors (Lipinski definition) is 3. The topological polar surface area (TPSA) is 72.2 Å². The van der Waals surface area contributed by atoms with Gasteiger partial charge < -0.3 is 5.73 Å². The predicted molar refractivity (Wildman–Crippen MR) is 77.1 cm³/mol. The minimum atomic E-state index is -3.65. The van der Waals surface area contributed by atoms with Crippen molar-refractivity contribution >= 4 is 15.7 Å². The minimum Gasteiger partial charge on any atom is -0.396 e. The normalized spacial score (nSPS) is 20.9. The number of anilines is 1. The van der Waals surface area contributed by atoms with Crippen LogP contribution in [0.1, 0.15) is 27.7 Å². The fourth-order valence-corrected chi connectivity index (χ4v) is 3.89. The van der Waals surface area contributed by atoms with Crippen LogP contribution < -0.4 is 10.5 Å². The molecule has 0 saturated heterocycles. The van der Waals surface area contributed by atoms with Crippen molar-refractivity contribution in [1.82, 2.24) is 4.72 Å². The molecule has 0 aromatic heterocycles. The van der Waals surface area contributed by atoms with Crippen molar-refractivity contribution < 1.29 is 12.8 Å². The Kier molecular flexibility index (Phi) is 3.38. The van der Waals surface area contributed by atoms with Gasteiger partial charge in [0.2, 0.25) is 10.0 Å². The summed E-state index contributed by atoms with van der Waals surface area (Å²) >= 11 is 0. The number of nitrogens with two attached hydrogens (primary N) is 1. The Morgan fingerprint density at radius 1 is 1.25 bits per heavy atom. The molecule has 1 aliphatic rings. The summed E-state index contributed by atoms with van der Waals surface area (Å²) in [5.41, 5.74) is 5.45. The third kappa shape index (κ3) is 2.31. The van der Waals surface area contributed by atoms with Gasteiger partial charge in [-0.15, -0.1) is 0 Å². The van der Waals surface area contributed by atoms with Gasteiger partial charge in [0.05, 0.1) is 10.6 Å². The molecule has 2 rings (SSSR count). The average Bonchev–Trinajstić information content (AvgIpc) is 2.70. The fraction of sp³-hybridized carbons (Fsp3) is 0.571. The summed E-state index contributed by atoms with van der Waals surface area (Å²) in [5, 5.41) is 0. The summed E-state index contributed by atoms with van der Waals surface area (Å²) in [7, 11) is -3.65. The molecule has 0 atom stereocenters. The fourth-order valence-electron chi connectivity index (χ4n) is 2.81. The molecule has 4 nitrogen and oxygen atoms in total. The standard InChI is InChI=1S/C14H21FN2O2S/c1-13(2)12(14(13,3)4)8-17-20(18,19)9-5-6-10(15)11(16)7-9/h5-7,12,17H,8,16H2,1-4H3. The van der Waals surface area contributed by atoms with E-state index < -0.39 is 15.8 Å². The van der Waals surface area contributed by atoms with Crippen molar-refractivity contribution in [3.63, 3.8) is 0 Å². The van der Waals surface area contributed by atoms with Gasteiger partial charge in [0.1, 0.15) is 5.82 Å². The maximum atomic E-state index is 13.1. The molecule has 1 fully saturated rings. The molecule has 0 aliphatic heterocycles. The van der Waals surface area contributed by atoms with E-state index >= 15 is 0 Å². The van der Waals surface area contributed by atoms with Crippen LogP contribution in [-0.4, -0.2) is 15.0 Å². The lowest BCUT2D eigenvalue weighted by Gasteiger charge is -2.08. The molecule has 20 heavy (non-hydrogen) atoms. The van der Waals surface area contributed by atoms with E-state index in [0.717, 1.165) is 12.1 Å². The molecule has 112 valence electrons. The van der Waals surface area contributed by atoms with Gasteiger partial charge in [-0.3, -0.25) is 0 Å². The Labute approximate surface area is 119 Å². The molecule has 0 radical (unpaired) electrons. The van der Waals surface area contributed by atoms with Gasteiger partial charge in [0.25, 0.3) is 0 Å².